The van der Waals surface area contributed by atoms with Crippen LogP contribution in [-0.4, -0.2) is 18.9 Å². The number of hydrogen-bond acceptors (Lipinski definition) is 3. The van der Waals surface area contributed by atoms with Gasteiger partial charge < -0.3 is 11.1 Å². The van der Waals surface area contributed by atoms with E-state index in [0.717, 1.165) is 29.0 Å². The minimum atomic E-state index is -0.134. The van der Waals surface area contributed by atoms with Crippen molar-refractivity contribution < 1.29 is 0 Å². The Morgan fingerprint density at radius 1 is 1.53 bits per heavy atom. The van der Waals surface area contributed by atoms with Gasteiger partial charge in [0.1, 0.15) is 5.84 Å². The van der Waals surface area contributed by atoms with E-state index in [0.29, 0.717) is 0 Å². The molecule has 0 aromatic heterocycles. The van der Waals surface area contributed by atoms with E-state index in [1.54, 1.807) is 0 Å². The van der Waals surface area contributed by atoms with Crippen LogP contribution in [-0.2, 0) is 0 Å². The highest BCUT2D eigenvalue weighted by Gasteiger charge is 2.18. The number of halogens is 1. The Morgan fingerprint density at radius 3 is 3.00 bits per heavy atom. The predicted octanol–water partition coefficient (Wildman–Crippen LogP) is 1.76. The molecule has 1 unspecified atom stereocenters. The van der Waals surface area contributed by atoms with Gasteiger partial charge in [-0.05, 0) is 24.1 Å². The number of benzene rings is 1. The van der Waals surface area contributed by atoms with Gasteiger partial charge in [-0.15, -0.1) is 0 Å². The molecule has 1 aliphatic rings. The van der Waals surface area contributed by atoms with E-state index in [9.17, 15) is 0 Å². The van der Waals surface area contributed by atoms with Crippen molar-refractivity contribution in [2.75, 3.05) is 13.1 Å². The minimum Gasteiger partial charge on any atom is -0.370 e. The SMILES string of the molecule is Cc1c(Br)cccc1C(N)C1=NCCN1. The second-order valence-corrected chi connectivity index (χ2v) is 4.48. The Labute approximate surface area is 97.9 Å². The summed E-state index contributed by atoms with van der Waals surface area (Å²) in [5.74, 6) is 0.899. The van der Waals surface area contributed by atoms with Crippen molar-refractivity contribution >= 4 is 21.8 Å². The van der Waals surface area contributed by atoms with E-state index in [1.165, 1.54) is 5.56 Å². The third-order valence-electron chi connectivity index (χ3n) is 2.64. The normalized spacial score (nSPS) is 17.1. The molecular formula is C11H14BrN3. The number of nitrogens with zero attached hydrogens (tertiary/aromatic N) is 1. The summed E-state index contributed by atoms with van der Waals surface area (Å²) >= 11 is 3.51. The summed E-state index contributed by atoms with van der Waals surface area (Å²) in [6.45, 7) is 3.79. The van der Waals surface area contributed by atoms with E-state index in [2.05, 4.69) is 33.2 Å². The van der Waals surface area contributed by atoms with Crippen LogP contribution in [0.15, 0.2) is 27.7 Å². The van der Waals surface area contributed by atoms with Crippen LogP contribution in [0.1, 0.15) is 17.2 Å². The first-order valence-corrected chi connectivity index (χ1v) is 5.78. The quantitative estimate of drug-likeness (QED) is 0.858. The number of amidine groups is 1. The molecule has 2 rings (SSSR count). The van der Waals surface area contributed by atoms with Gasteiger partial charge in [-0.3, -0.25) is 4.99 Å². The fraction of sp³-hybridized carbons (Fsp3) is 0.364. The summed E-state index contributed by atoms with van der Waals surface area (Å²) in [5.41, 5.74) is 8.46. The molecule has 0 saturated heterocycles. The number of aliphatic imine (C=N–C) groups is 1. The molecule has 0 fully saturated rings. The monoisotopic (exact) mass is 267 g/mol. The minimum absolute atomic E-state index is 0.134. The average molecular weight is 268 g/mol. The van der Waals surface area contributed by atoms with Crippen molar-refractivity contribution in [3.63, 3.8) is 0 Å². The van der Waals surface area contributed by atoms with Crippen molar-refractivity contribution in [3.05, 3.63) is 33.8 Å². The van der Waals surface area contributed by atoms with Crippen molar-refractivity contribution in [3.8, 4) is 0 Å². The van der Waals surface area contributed by atoms with Gasteiger partial charge in [0, 0.05) is 11.0 Å². The second-order valence-electron chi connectivity index (χ2n) is 3.63. The zero-order valence-electron chi connectivity index (χ0n) is 8.63. The molecule has 0 amide bonds. The molecule has 0 radical (unpaired) electrons. The van der Waals surface area contributed by atoms with Crippen LogP contribution in [0.5, 0.6) is 0 Å². The molecule has 0 bridgehead atoms. The fourth-order valence-electron chi connectivity index (χ4n) is 1.73. The maximum atomic E-state index is 6.16. The molecule has 0 spiro atoms. The van der Waals surface area contributed by atoms with Gasteiger partial charge in [-0.1, -0.05) is 28.1 Å². The average Bonchev–Trinajstić information content (AvgIpc) is 2.74. The van der Waals surface area contributed by atoms with Gasteiger partial charge in [-0.25, -0.2) is 0 Å². The van der Waals surface area contributed by atoms with E-state index < -0.39 is 0 Å². The highest BCUT2D eigenvalue weighted by molar-refractivity contribution is 9.10. The maximum absolute atomic E-state index is 6.16. The first kappa shape index (κ1) is 10.6. The van der Waals surface area contributed by atoms with E-state index >= 15 is 0 Å². The first-order chi connectivity index (χ1) is 7.20. The molecule has 1 atom stereocenters. The third-order valence-corrected chi connectivity index (χ3v) is 3.50. The van der Waals surface area contributed by atoms with Crippen molar-refractivity contribution in [1.29, 1.82) is 0 Å². The molecule has 1 aromatic carbocycles. The highest BCUT2D eigenvalue weighted by atomic mass is 79.9. The van der Waals surface area contributed by atoms with Crippen LogP contribution >= 0.6 is 15.9 Å². The lowest BCUT2D eigenvalue weighted by Crippen LogP contribution is -2.31. The molecule has 0 aliphatic carbocycles. The number of nitrogens with one attached hydrogen (secondary N) is 1. The van der Waals surface area contributed by atoms with Gasteiger partial charge >= 0.3 is 0 Å². The Hall–Kier alpha value is -0.870. The van der Waals surface area contributed by atoms with Crippen molar-refractivity contribution in [2.24, 2.45) is 10.7 Å². The number of hydrogen-bond donors (Lipinski definition) is 2. The van der Waals surface area contributed by atoms with Crippen LogP contribution in [0.2, 0.25) is 0 Å². The Bertz CT molecular complexity index is 401. The first-order valence-electron chi connectivity index (χ1n) is 4.99. The van der Waals surface area contributed by atoms with Crippen molar-refractivity contribution in [2.45, 2.75) is 13.0 Å². The number of rotatable bonds is 2. The summed E-state index contributed by atoms with van der Waals surface area (Å²) in [4.78, 5) is 4.35. The third kappa shape index (κ3) is 2.06. The second kappa shape index (κ2) is 4.33. The molecule has 3 N–H and O–H groups in total. The van der Waals surface area contributed by atoms with Crippen LogP contribution in [0.25, 0.3) is 0 Å². The maximum Gasteiger partial charge on any atom is 0.118 e. The zero-order chi connectivity index (χ0) is 10.8. The molecule has 1 aromatic rings. The van der Waals surface area contributed by atoms with E-state index in [-0.39, 0.29) is 6.04 Å². The lowest BCUT2D eigenvalue weighted by atomic mass is 10.0. The summed E-state index contributed by atoms with van der Waals surface area (Å²) in [7, 11) is 0. The lowest BCUT2D eigenvalue weighted by Gasteiger charge is -2.16. The molecule has 0 saturated carbocycles. The fourth-order valence-corrected chi connectivity index (χ4v) is 2.11. The number of nitrogens with two attached hydrogens (primary N) is 1. The molecular weight excluding hydrogens is 254 g/mol. The lowest BCUT2D eigenvalue weighted by molar-refractivity contribution is 0.886. The van der Waals surface area contributed by atoms with Gasteiger partial charge in [0.15, 0.2) is 0 Å². The zero-order valence-corrected chi connectivity index (χ0v) is 10.2. The van der Waals surface area contributed by atoms with Gasteiger partial charge in [0.25, 0.3) is 0 Å². The molecule has 4 heteroatoms. The standard InChI is InChI=1S/C11H14BrN3/c1-7-8(3-2-4-9(7)12)10(13)11-14-5-6-15-11/h2-4,10H,5-6,13H2,1H3,(H,14,15). The van der Waals surface area contributed by atoms with Gasteiger partial charge in [-0.2, -0.15) is 0 Å². The summed E-state index contributed by atoms with van der Waals surface area (Å²) in [6, 6.07) is 5.94. The molecule has 1 heterocycles. The van der Waals surface area contributed by atoms with Crippen LogP contribution in [0, 0.1) is 6.92 Å². The van der Waals surface area contributed by atoms with Crippen LogP contribution < -0.4 is 11.1 Å². The smallest absolute Gasteiger partial charge is 0.118 e. The highest BCUT2D eigenvalue weighted by Crippen LogP contribution is 2.24. The topological polar surface area (TPSA) is 50.4 Å². The summed E-state index contributed by atoms with van der Waals surface area (Å²) < 4.78 is 1.09. The Morgan fingerprint density at radius 2 is 2.33 bits per heavy atom. The van der Waals surface area contributed by atoms with Gasteiger partial charge in [0.2, 0.25) is 0 Å². The molecule has 15 heavy (non-hydrogen) atoms. The Kier molecular flexibility index (Phi) is 3.07. The van der Waals surface area contributed by atoms with Crippen LogP contribution in [0.3, 0.4) is 0 Å². The summed E-state index contributed by atoms with van der Waals surface area (Å²) in [5, 5.41) is 3.21. The van der Waals surface area contributed by atoms with Gasteiger partial charge in [0.05, 0.1) is 12.6 Å². The van der Waals surface area contributed by atoms with E-state index in [1.807, 2.05) is 18.2 Å². The van der Waals surface area contributed by atoms with Crippen molar-refractivity contribution in [1.82, 2.24) is 5.32 Å². The predicted molar refractivity (Wildman–Crippen MR) is 66.1 cm³/mol. The van der Waals surface area contributed by atoms with Crippen LogP contribution in [0.4, 0.5) is 0 Å². The molecule has 1 aliphatic heterocycles. The summed E-state index contributed by atoms with van der Waals surface area (Å²) in [6.07, 6.45) is 0. The molecule has 3 nitrogen and oxygen atoms in total. The van der Waals surface area contributed by atoms with E-state index in [4.69, 9.17) is 5.73 Å². The molecule has 80 valence electrons. The largest absolute Gasteiger partial charge is 0.370 e. The Balaban J connectivity index is 2.32.